The fourth-order valence-corrected chi connectivity index (χ4v) is 1.37. The van der Waals surface area contributed by atoms with E-state index in [0.717, 1.165) is 6.42 Å². The Hall–Kier alpha value is -0.260. The molecule has 0 aliphatic rings. The van der Waals surface area contributed by atoms with E-state index in [1.807, 2.05) is 0 Å². The Kier molecular flexibility index (Phi) is 11.5. The van der Waals surface area contributed by atoms with Crippen molar-refractivity contribution in [2.75, 3.05) is 0 Å². The topological polar surface area (TPSA) is 0 Å². The van der Waals surface area contributed by atoms with Gasteiger partial charge in [0.15, 0.2) is 0 Å². The largest absolute Gasteiger partial charge is 0.0885 e. The van der Waals surface area contributed by atoms with E-state index in [9.17, 15) is 0 Å². The van der Waals surface area contributed by atoms with Gasteiger partial charge in [-0.1, -0.05) is 64.5 Å². The first-order valence-corrected chi connectivity index (χ1v) is 5.86. The Morgan fingerprint density at radius 3 is 2.15 bits per heavy atom. The zero-order chi connectivity index (χ0) is 9.78. The van der Waals surface area contributed by atoms with Crippen LogP contribution in [0.3, 0.4) is 0 Å². The SMILES string of the molecule is [CH2]CCCCCCC/C=C\CCC. The van der Waals surface area contributed by atoms with Crippen molar-refractivity contribution in [2.45, 2.75) is 64.7 Å². The molecule has 0 bridgehead atoms. The molecule has 0 spiro atoms. The lowest BCUT2D eigenvalue weighted by Crippen LogP contribution is -1.77. The van der Waals surface area contributed by atoms with Crippen molar-refractivity contribution in [3.63, 3.8) is 0 Å². The van der Waals surface area contributed by atoms with Crippen molar-refractivity contribution in [3.8, 4) is 0 Å². The maximum atomic E-state index is 3.84. The fourth-order valence-electron chi connectivity index (χ4n) is 1.37. The van der Waals surface area contributed by atoms with E-state index in [4.69, 9.17) is 0 Å². The zero-order valence-corrected chi connectivity index (χ0v) is 9.23. The lowest BCUT2D eigenvalue weighted by Gasteiger charge is -1.97. The molecular formula is C13H25. The molecule has 1 radical (unpaired) electrons. The zero-order valence-electron chi connectivity index (χ0n) is 9.23. The summed E-state index contributed by atoms with van der Waals surface area (Å²) in [6.07, 6.45) is 16.4. The summed E-state index contributed by atoms with van der Waals surface area (Å²) in [4.78, 5) is 0. The molecule has 0 aromatic heterocycles. The minimum absolute atomic E-state index is 1.11. The molecule has 0 aromatic carbocycles. The fraction of sp³-hybridized carbons (Fsp3) is 0.769. The molecule has 0 N–H and O–H groups in total. The second-order valence-electron chi connectivity index (χ2n) is 3.67. The number of unbranched alkanes of at least 4 members (excludes halogenated alkanes) is 7. The average Bonchev–Trinajstić information content (AvgIpc) is 2.16. The van der Waals surface area contributed by atoms with E-state index in [-0.39, 0.29) is 0 Å². The van der Waals surface area contributed by atoms with Crippen LogP contribution in [-0.2, 0) is 0 Å². The van der Waals surface area contributed by atoms with E-state index in [1.54, 1.807) is 0 Å². The first kappa shape index (κ1) is 12.7. The third-order valence-corrected chi connectivity index (χ3v) is 2.24. The van der Waals surface area contributed by atoms with Gasteiger partial charge in [-0.25, -0.2) is 0 Å². The van der Waals surface area contributed by atoms with E-state index in [1.165, 1.54) is 51.4 Å². The van der Waals surface area contributed by atoms with Crippen LogP contribution >= 0.6 is 0 Å². The smallest absolute Gasteiger partial charge is 0.0351 e. The van der Waals surface area contributed by atoms with Crippen LogP contribution in [0.2, 0.25) is 0 Å². The molecule has 13 heavy (non-hydrogen) atoms. The molecule has 0 saturated carbocycles. The quantitative estimate of drug-likeness (QED) is 0.350. The highest BCUT2D eigenvalue weighted by Crippen LogP contribution is 2.07. The van der Waals surface area contributed by atoms with Crippen molar-refractivity contribution in [2.24, 2.45) is 0 Å². The minimum Gasteiger partial charge on any atom is -0.0885 e. The van der Waals surface area contributed by atoms with E-state index in [2.05, 4.69) is 26.0 Å². The lowest BCUT2D eigenvalue weighted by molar-refractivity contribution is 0.621. The van der Waals surface area contributed by atoms with E-state index < -0.39 is 0 Å². The number of hydrogen-bond acceptors (Lipinski definition) is 0. The van der Waals surface area contributed by atoms with Gasteiger partial charge in [-0.15, -0.1) is 0 Å². The first-order chi connectivity index (χ1) is 6.41. The van der Waals surface area contributed by atoms with Gasteiger partial charge >= 0.3 is 0 Å². The van der Waals surface area contributed by atoms with Gasteiger partial charge in [0.25, 0.3) is 0 Å². The first-order valence-electron chi connectivity index (χ1n) is 5.86. The minimum atomic E-state index is 1.11. The molecule has 0 aliphatic heterocycles. The van der Waals surface area contributed by atoms with Gasteiger partial charge in [0.2, 0.25) is 0 Å². The monoisotopic (exact) mass is 181 g/mol. The number of allylic oxidation sites excluding steroid dienone is 2. The molecule has 0 aliphatic carbocycles. The summed E-state index contributed by atoms with van der Waals surface area (Å²) in [5, 5.41) is 0. The second-order valence-corrected chi connectivity index (χ2v) is 3.67. The van der Waals surface area contributed by atoms with Crippen LogP contribution in [0, 0.1) is 6.92 Å². The summed E-state index contributed by atoms with van der Waals surface area (Å²) >= 11 is 0. The van der Waals surface area contributed by atoms with Crippen LogP contribution < -0.4 is 0 Å². The highest BCUT2D eigenvalue weighted by Gasteiger charge is 1.87. The standard InChI is InChI=1S/C13H25/c1-3-5-7-9-11-13-12-10-8-6-4-2/h8,10H,1,3-7,9,11-13H2,2H3/b10-8-. The molecule has 0 atom stereocenters. The molecule has 77 valence electrons. The normalized spacial score (nSPS) is 11.2. The van der Waals surface area contributed by atoms with Crippen LogP contribution in [0.1, 0.15) is 64.7 Å². The predicted molar refractivity (Wildman–Crippen MR) is 61.7 cm³/mol. The molecule has 0 heterocycles. The summed E-state index contributed by atoms with van der Waals surface area (Å²) in [5.41, 5.74) is 0. The maximum Gasteiger partial charge on any atom is -0.0351 e. The molecule has 0 nitrogen and oxygen atoms in total. The van der Waals surface area contributed by atoms with Crippen molar-refractivity contribution >= 4 is 0 Å². The van der Waals surface area contributed by atoms with Crippen molar-refractivity contribution in [1.82, 2.24) is 0 Å². The molecule has 0 unspecified atom stereocenters. The van der Waals surface area contributed by atoms with Gasteiger partial charge < -0.3 is 0 Å². The maximum absolute atomic E-state index is 3.84. The second kappa shape index (κ2) is 11.7. The summed E-state index contributed by atoms with van der Waals surface area (Å²) in [6, 6.07) is 0. The summed E-state index contributed by atoms with van der Waals surface area (Å²) in [5.74, 6) is 0. The Morgan fingerprint density at radius 2 is 1.46 bits per heavy atom. The van der Waals surface area contributed by atoms with Crippen LogP contribution in [-0.4, -0.2) is 0 Å². The molecule has 0 fully saturated rings. The van der Waals surface area contributed by atoms with Gasteiger partial charge in [-0.2, -0.15) is 0 Å². The highest BCUT2D eigenvalue weighted by molar-refractivity contribution is 4.80. The van der Waals surface area contributed by atoms with Crippen LogP contribution in [0.4, 0.5) is 0 Å². The van der Waals surface area contributed by atoms with Crippen LogP contribution in [0.5, 0.6) is 0 Å². The van der Waals surface area contributed by atoms with Crippen LogP contribution in [0.25, 0.3) is 0 Å². The molecule has 0 aromatic rings. The lowest BCUT2D eigenvalue weighted by atomic mass is 10.1. The molecule has 0 rings (SSSR count). The Balaban J connectivity index is 2.91. The molecule has 0 saturated heterocycles. The van der Waals surface area contributed by atoms with Crippen molar-refractivity contribution in [3.05, 3.63) is 19.1 Å². The van der Waals surface area contributed by atoms with Gasteiger partial charge in [0.05, 0.1) is 0 Å². The molecule has 0 heteroatoms. The van der Waals surface area contributed by atoms with Crippen molar-refractivity contribution < 1.29 is 0 Å². The third kappa shape index (κ3) is 11.7. The van der Waals surface area contributed by atoms with E-state index in [0.29, 0.717) is 0 Å². The third-order valence-electron chi connectivity index (χ3n) is 2.24. The summed E-state index contributed by atoms with van der Waals surface area (Å²) in [7, 11) is 0. The van der Waals surface area contributed by atoms with Gasteiger partial charge in [-0.05, 0) is 19.3 Å². The highest BCUT2D eigenvalue weighted by atomic mass is 13.9. The molecular weight excluding hydrogens is 156 g/mol. The number of rotatable bonds is 9. The average molecular weight is 181 g/mol. The summed E-state index contributed by atoms with van der Waals surface area (Å²) in [6.45, 7) is 6.07. The summed E-state index contributed by atoms with van der Waals surface area (Å²) < 4.78 is 0. The van der Waals surface area contributed by atoms with Gasteiger partial charge in [-0.3, -0.25) is 0 Å². The van der Waals surface area contributed by atoms with E-state index >= 15 is 0 Å². The predicted octanol–water partition coefficient (Wildman–Crippen LogP) is 4.91. The molecule has 0 amide bonds. The van der Waals surface area contributed by atoms with Gasteiger partial charge in [0.1, 0.15) is 0 Å². The Morgan fingerprint density at radius 1 is 0.846 bits per heavy atom. The van der Waals surface area contributed by atoms with Gasteiger partial charge in [0, 0.05) is 0 Å². The van der Waals surface area contributed by atoms with Crippen LogP contribution in [0.15, 0.2) is 12.2 Å². The Labute approximate surface area is 84.4 Å². The number of hydrogen-bond donors (Lipinski definition) is 0. The Bertz CT molecular complexity index is 103. The van der Waals surface area contributed by atoms with Crippen molar-refractivity contribution in [1.29, 1.82) is 0 Å².